The smallest absolute Gasteiger partial charge is 0.236 e. The summed E-state index contributed by atoms with van der Waals surface area (Å²) >= 11 is 5.29. The number of hydrogen-bond donors (Lipinski definition) is 1. The number of fused-ring (bicyclic) bond motifs is 1. The molecule has 128 valence electrons. The van der Waals surface area contributed by atoms with Gasteiger partial charge in [-0.3, -0.25) is 4.79 Å². The van der Waals surface area contributed by atoms with Gasteiger partial charge in [-0.15, -0.1) is 11.3 Å². The summed E-state index contributed by atoms with van der Waals surface area (Å²) in [6, 6.07) is 8.20. The standard InChI is InChI=1S/C18H21BrN2O2S/c1-12(13-3-4-16(23-2)15(19)9-13)20-10-18(22)21-7-5-17-14(11-21)6-8-24-17/h3-4,6,8-9,12,20H,5,7,10-11H2,1-2H3. The van der Waals surface area contributed by atoms with Crippen LogP contribution < -0.4 is 10.1 Å². The first-order valence-electron chi connectivity index (χ1n) is 7.98. The van der Waals surface area contributed by atoms with Crippen molar-refractivity contribution in [1.29, 1.82) is 0 Å². The van der Waals surface area contributed by atoms with Crippen LogP contribution in [0.4, 0.5) is 0 Å². The molecule has 4 nitrogen and oxygen atoms in total. The fraction of sp³-hybridized carbons (Fsp3) is 0.389. The Hall–Kier alpha value is -1.37. The number of thiophene rings is 1. The predicted molar refractivity (Wildman–Crippen MR) is 101 cm³/mol. The van der Waals surface area contributed by atoms with E-state index >= 15 is 0 Å². The molecule has 0 saturated carbocycles. The SMILES string of the molecule is COc1ccc(C(C)NCC(=O)N2CCc3sccc3C2)cc1Br. The Labute approximate surface area is 154 Å². The van der Waals surface area contributed by atoms with Gasteiger partial charge >= 0.3 is 0 Å². The number of hydrogen-bond acceptors (Lipinski definition) is 4. The van der Waals surface area contributed by atoms with Crippen LogP contribution >= 0.6 is 27.3 Å². The second-order valence-electron chi connectivity index (χ2n) is 5.93. The summed E-state index contributed by atoms with van der Waals surface area (Å²) in [5.41, 5.74) is 2.42. The normalized spacial score (nSPS) is 15.0. The zero-order valence-corrected chi connectivity index (χ0v) is 16.2. The van der Waals surface area contributed by atoms with E-state index in [2.05, 4.69) is 39.6 Å². The van der Waals surface area contributed by atoms with E-state index in [9.17, 15) is 4.79 Å². The summed E-state index contributed by atoms with van der Waals surface area (Å²) in [6.45, 7) is 3.97. The molecule has 1 aliphatic heterocycles. The molecule has 6 heteroatoms. The molecule has 0 radical (unpaired) electrons. The number of methoxy groups -OCH3 is 1. The van der Waals surface area contributed by atoms with Gasteiger partial charge in [0.15, 0.2) is 0 Å². The first kappa shape index (κ1) is 17.5. The molecule has 2 heterocycles. The fourth-order valence-electron chi connectivity index (χ4n) is 2.88. The van der Waals surface area contributed by atoms with Gasteiger partial charge in [-0.1, -0.05) is 6.07 Å². The number of nitrogens with one attached hydrogen (secondary N) is 1. The third-order valence-electron chi connectivity index (χ3n) is 4.40. The Morgan fingerprint density at radius 1 is 1.46 bits per heavy atom. The first-order valence-corrected chi connectivity index (χ1v) is 9.65. The third-order valence-corrected chi connectivity index (χ3v) is 6.04. The molecule has 3 rings (SSSR count). The number of halogens is 1. The van der Waals surface area contributed by atoms with Crippen LogP contribution in [0, 0.1) is 0 Å². The minimum Gasteiger partial charge on any atom is -0.496 e. The van der Waals surface area contributed by atoms with Gasteiger partial charge in [0, 0.05) is 24.0 Å². The Balaban J connectivity index is 1.55. The summed E-state index contributed by atoms with van der Waals surface area (Å²) in [6.07, 6.45) is 0.972. The summed E-state index contributed by atoms with van der Waals surface area (Å²) < 4.78 is 6.17. The van der Waals surface area contributed by atoms with Crippen LogP contribution in [-0.2, 0) is 17.8 Å². The van der Waals surface area contributed by atoms with E-state index < -0.39 is 0 Å². The Morgan fingerprint density at radius 2 is 2.29 bits per heavy atom. The zero-order chi connectivity index (χ0) is 17.1. The van der Waals surface area contributed by atoms with Crippen molar-refractivity contribution in [2.75, 3.05) is 20.2 Å². The van der Waals surface area contributed by atoms with Crippen LogP contribution in [0.25, 0.3) is 0 Å². The van der Waals surface area contributed by atoms with Crippen LogP contribution in [0.1, 0.15) is 29.0 Å². The van der Waals surface area contributed by atoms with Crippen molar-refractivity contribution in [3.8, 4) is 5.75 Å². The molecule has 1 aromatic carbocycles. The molecular weight excluding hydrogens is 388 g/mol. The van der Waals surface area contributed by atoms with E-state index in [0.717, 1.165) is 35.3 Å². The molecule has 24 heavy (non-hydrogen) atoms. The second-order valence-corrected chi connectivity index (χ2v) is 7.79. The average Bonchev–Trinajstić information content (AvgIpc) is 3.06. The highest BCUT2D eigenvalue weighted by molar-refractivity contribution is 9.10. The van der Waals surface area contributed by atoms with E-state index in [-0.39, 0.29) is 11.9 Å². The highest BCUT2D eigenvalue weighted by Crippen LogP contribution is 2.28. The van der Waals surface area contributed by atoms with Crippen LogP contribution in [0.15, 0.2) is 34.1 Å². The Kier molecular flexibility index (Phi) is 5.58. The number of benzene rings is 1. The maximum absolute atomic E-state index is 12.5. The van der Waals surface area contributed by atoms with Crippen LogP contribution in [0.5, 0.6) is 5.75 Å². The van der Waals surface area contributed by atoms with Crippen molar-refractivity contribution in [1.82, 2.24) is 10.2 Å². The van der Waals surface area contributed by atoms with Crippen molar-refractivity contribution >= 4 is 33.2 Å². The molecule has 1 N–H and O–H groups in total. The summed E-state index contributed by atoms with van der Waals surface area (Å²) in [5.74, 6) is 0.966. The summed E-state index contributed by atoms with van der Waals surface area (Å²) in [5, 5.41) is 5.44. The van der Waals surface area contributed by atoms with Gasteiger partial charge in [-0.05, 0) is 64.0 Å². The van der Waals surface area contributed by atoms with Crippen LogP contribution in [0.3, 0.4) is 0 Å². The van der Waals surface area contributed by atoms with Gasteiger partial charge in [0.25, 0.3) is 0 Å². The van der Waals surface area contributed by atoms with Crippen molar-refractivity contribution < 1.29 is 9.53 Å². The van der Waals surface area contributed by atoms with E-state index in [1.807, 2.05) is 23.1 Å². The summed E-state index contributed by atoms with van der Waals surface area (Å²) in [7, 11) is 1.65. The molecule has 0 aliphatic carbocycles. The molecule has 1 amide bonds. The minimum absolute atomic E-state index is 0.0951. The highest BCUT2D eigenvalue weighted by atomic mass is 79.9. The molecule has 0 saturated heterocycles. The molecule has 0 fully saturated rings. The third kappa shape index (κ3) is 3.82. The van der Waals surface area contributed by atoms with Crippen molar-refractivity contribution in [3.05, 3.63) is 50.1 Å². The number of carbonyl (C=O) groups is 1. The number of carbonyl (C=O) groups excluding carboxylic acids is 1. The number of amides is 1. The lowest BCUT2D eigenvalue weighted by molar-refractivity contribution is -0.131. The van der Waals surface area contributed by atoms with Gasteiger partial charge in [0.1, 0.15) is 5.75 Å². The van der Waals surface area contributed by atoms with Gasteiger partial charge in [-0.2, -0.15) is 0 Å². The van der Waals surface area contributed by atoms with E-state index in [4.69, 9.17) is 4.74 Å². The Morgan fingerprint density at radius 3 is 3.04 bits per heavy atom. The molecular formula is C18H21BrN2O2S. The fourth-order valence-corrected chi connectivity index (χ4v) is 4.33. The van der Waals surface area contributed by atoms with E-state index in [1.54, 1.807) is 18.4 Å². The molecule has 1 unspecified atom stereocenters. The maximum atomic E-state index is 12.5. The van der Waals surface area contributed by atoms with Crippen molar-refractivity contribution in [2.45, 2.75) is 25.9 Å². The monoisotopic (exact) mass is 408 g/mol. The largest absolute Gasteiger partial charge is 0.496 e. The lowest BCUT2D eigenvalue weighted by Crippen LogP contribution is -2.41. The maximum Gasteiger partial charge on any atom is 0.236 e. The van der Waals surface area contributed by atoms with E-state index in [0.29, 0.717) is 6.54 Å². The molecule has 0 spiro atoms. The van der Waals surface area contributed by atoms with Gasteiger partial charge in [0.05, 0.1) is 18.1 Å². The minimum atomic E-state index is 0.0951. The van der Waals surface area contributed by atoms with Crippen molar-refractivity contribution in [2.24, 2.45) is 0 Å². The van der Waals surface area contributed by atoms with Crippen LogP contribution in [-0.4, -0.2) is 31.0 Å². The zero-order valence-electron chi connectivity index (χ0n) is 13.8. The van der Waals surface area contributed by atoms with Crippen LogP contribution in [0.2, 0.25) is 0 Å². The Bertz CT molecular complexity index is 732. The van der Waals surface area contributed by atoms with Gasteiger partial charge in [0.2, 0.25) is 5.91 Å². The number of rotatable bonds is 5. The number of nitrogens with zero attached hydrogens (tertiary/aromatic N) is 1. The molecule has 1 aliphatic rings. The quantitative estimate of drug-likeness (QED) is 0.818. The topological polar surface area (TPSA) is 41.6 Å². The number of ether oxygens (including phenoxy) is 1. The lowest BCUT2D eigenvalue weighted by atomic mass is 10.1. The van der Waals surface area contributed by atoms with Gasteiger partial charge < -0.3 is 15.0 Å². The molecule has 1 atom stereocenters. The molecule has 0 bridgehead atoms. The lowest BCUT2D eigenvalue weighted by Gasteiger charge is -2.27. The highest BCUT2D eigenvalue weighted by Gasteiger charge is 2.21. The van der Waals surface area contributed by atoms with Gasteiger partial charge in [-0.25, -0.2) is 0 Å². The van der Waals surface area contributed by atoms with E-state index in [1.165, 1.54) is 10.4 Å². The average molecular weight is 409 g/mol. The predicted octanol–water partition coefficient (Wildman–Crippen LogP) is 3.75. The second kappa shape index (κ2) is 7.68. The van der Waals surface area contributed by atoms with Crippen molar-refractivity contribution in [3.63, 3.8) is 0 Å². The first-order chi connectivity index (χ1) is 11.6. The summed E-state index contributed by atoms with van der Waals surface area (Å²) in [4.78, 5) is 15.8. The molecule has 1 aromatic heterocycles. The molecule has 2 aromatic rings.